The van der Waals surface area contributed by atoms with E-state index in [1.54, 1.807) is 0 Å². The molecule has 0 bridgehead atoms. The monoisotopic (exact) mass is 384 g/mol. The van der Waals surface area contributed by atoms with Crippen molar-refractivity contribution >= 4 is 0 Å². The standard InChI is InChI=1S/C25H46N.Na.H/c1-4-5-6-7-8-9-10-11-12-13-14-15-16-20-23-26(2,3)24-25-21-18-17-19-22-25;;/h17-19,21-22H,4-16,20,23-24H2,1-3H3;;/q2*+1;-1. The molecule has 1 nitrogen and oxygen atoms in total. The maximum atomic E-state index is 2.37. The van der Waals surface area contributed by atoms with E-state index < -0.39 is 0 Å². The third-order valence-corrected chi connectivity index (χ3v) is 5.57. The summed E-state index contributed by atoms with van der Waals surface area (Å²) in [5.41, 5.74) is 1.46. The second kappa shape index (κ2) is 18.2. The minimum atomic E-state index is 0. The zero-order valence-electron chi connectivity index (χ0n) is 20.1. The molecule has 0 heterocycles. The third-order valence-electron chi connectivity index (χ3n) is 5.57. The number of quaternary nitrogens is 1. The van der Waals surface area contributed by atoms with Crippen LogP contribution in [0.15, 0.2) is 30.3 Å². The molecule has 0 saturated heterocycles. The van der Waals surface area contributed by atoms with Crippen LogP contribution in [0.3, 0.4) is 0 Å². The van der Waals surface area contributed by atoms with Crippen LogP contribution in [0.1, 0.15) is 104 Å². The number of hydrogen-bond acceptors (Lipinski definition) is 0. The summed E-state index contributed by atoms with van der Waals surface area (Å²) in [5, 5.41) is 0. The van der Waals surface area contributed by atoms with Crippen LogP contribution in [-0.4, -0.2) is 25.1 Å². The fourth-order valence-corrected chi connectivity index (χ4v) is 3.89. The summed E-state index contributed by atoms with van der Waals surface area (Å²) in [6.45, 7) is 4.75. The van der Waals surface area contributed by atoms with Crippen molar-refractivity contribution in [3.8, 4) is 0 Å². The number of benzene rings is 1. The second-order valence-corrected chi connectivity index (χ2v) is 8.90. The maximum absolute atomic E-state index is 2.37. The average molecular weight is 385 g/mol. The van der Waals surface area contributed by atoms with E-state index in [9.17, 15) is 0 Å². The predicted molar refractivity (Wildman–Crippen MR) is 119 cm³/mol. The number of hydrogen-bond donors (Lipinski definition) is 0. The van der Waals surface area contributed by atoms with Crippen molar-refractivity contribution in [2.45, 2.75) is 103 Å². The van der Waals surface area contributed by atoms with Gasteiger partial charge in [0.1, 0.15) is 6.54 Å². The summed E-state index contributed by atoms with van der Waals surface area (Å²) in [7, 11) is 4.74. The number of nitrogens with zero attached hydrogens (tertiary/aromatic N) is 1. The molecule has 2 heteroatoms. The third kappa shape index (κ3) is 16.8. The molecule has 152 valence electrons. The normalized spacial score (nSPS) is 11.4. The fourth-order valence-electron chi connectivity index (χ4n) is 3.89. The van der Waals surface area contributed by atoms with E-state index in [4.69, 9.17) is 0 Å². The quantitative estimate of drug-likeness (QED) is 0.204. The fraction of sp³-hybridized carbons (Fsp3) is 0.760. The van der Waals surface area contributed by atoms with Gasteiger partial charge in [0.05, 0.1) is 20.6 Å². The van der Waals surface area contributed by atoms with Gasteiger partial charge in [-0.05, 0) is 12.8 Å². The van der Waals surface area contributed by atoms with E-state index in [1.807, 2.05) is 0 Å². The Kier molecular flexibility index (Phi) is 18.3. The summed E-state index contributed by atoms with van der Waals surface area (Å²) in [6, 6.07) is 10.9. The molecule has 0 atom stereocenters. The molecular formula is C25H47NNa+. The van der Waals surface area contributed by atoms with E-state index in [-0.39, 0.29) is 31.0 Å². The Balaban J connectivity index is 0. The first kappa shape index (κ1) is 27.2. The zero-order valence-corrected chi connectivity index (χ0v) is 21.1. The molecule has 0 aliphatic heterocycles. The van der Waals surface area contributed by atoms with Gasteiger partial charge in [-0.15, -0.1) is 0 Å². The van der Waals surface area contributed by atoms with Gasteiger partial charge in [0.25, 0.3) is 0 Å². The largest absolute Gasteiger partial charge is 1.00 e. The number of rotatable bonds is 17. The molecule has 1 aromatic carbocycles. The van der Waals surface area contributed by atoms with Gasteiger partial charge in [-0.3, -0.25) is 0 Å². The molecular weight excluding hydrogens is 337 g/mol. The van der Waals surface area contributed by atoms with E-state index in [2.05, 4.69) is 51.4 Å². The van der Waals surface area contributed by atoms with E-state index >= 15 is 0 Å². The second-order valence-electron chi connectivity index (χ2n) is 8.90. The van der Waals surface area contributed by atoms with Crippen molar-refractivity contribution in [2.24, 2.45) is 0 Å². The van der Waals surface area contributed by atoms with Gasteiger partial charge in [-0.2, -0.15) is 0 Å². The molecule has 0 aliphatic rings. The van der Waals surface area contributed by atoms with Crippen LogP contribution in [0.5, 0.6) is 0 Å². The van der Waals surface area contributed by atoms with Crippen LogP contribution in [0, 0.1) is 0 Å². The molecule has 1 aromatic rings. The summed E-state index contributed by atoms with van der Waals surface area (Å²) < 4.78 is 1.11. The van der Waals surface area contributed by atoms with Gasteiger partial charge in [0.15, 0.2) is 0 Å². The molecule has 0 spiro atoms. The molecule has 27 heavy (non-hydrogen) atoms. The van der Waals surface area contributed by atoms with Crippen LogP contribution in [0.2, 0.25) is 0 Å². The van der Waals surface area contributed by atoms with Gasteiger partial charge in [0.2, 0.25) is 0 Å². The zero-order chi connectivity index (χ0) is 18.9. The number of unbranched alkanes of at least 4 members (excludes halogenated alkanes) is 13. The Bertz CT molecular complexity index is 422. The van der Waals surface area contributed by atoms with Crippen LogP contribution >= 0.6 is 0 Å². The van der Waals surface area contributed by atoms with Crippen molar-refractivity contribution in [2.75, 3.05) is 20.6 Å². The van der Waals surface area contributed by atoms with Crippen LogP contribution < -0.4 is 29.6 Å². The summed E-state index contributed by atoms with van der Waals surface area (Å²) in [4.78, 5) is 0. The van der Waals surface area contributed by atoms with E-state index in [0.29, 0.717) is 0 Å². The molecule has 0 amide bonds. The molecule has 1 rings (SSSR count). The molecule has 0 saturated carbocycles. The maximum Gasteiger partial charge on any atom is 1.00 e. The SMILES string of the molecule is CCCCCCCCCCCCCCCC[N+](C)(C)Cc1ccccc1.[H-].[Na+]. The Morgan fingerprint density at radius 2 is 1.04 bits per heavy atom. The van der Waals surface area contributed by atoms with Crippen molar-refractivity contribution < 1.29 is 35.5 Å². The summed E-state index contributed by atoms with van der Waals surface area (Å²) in [6.07, 6.45) is 20.2. The minimum absolute atomic E-state index is 0. The van der Waals surface area contributed by atoms with Gasteiger partial charge in [-0.25, -0.2) is 0 Å². The Morgan fingerprint density at radius 3 is 1.48 bits per heavy atom. The summed E-state index contributed by atoms with van der Waals surface area (Å²) in [5.74, 6) is 0. The molecule has 0 N–H and O–H groups in total. The van der Waals surface area contributed by atoms with Crippen molar-refractivity contribution in [1.82, 2.24) is 0 Å². The molecule has 0 fully saturated rings. The topological polar surface area (TPSA) is 0 Å². The van der Waals surface area contributed by atoms with Crippen molar-refractivity contribution in [3.63, 3.8) is 0 Å². The Hall–Kier alpha value is 0.180. The first-order valence-corrected chi connectivity index (χ1v) is 11.5. The minimum Gasteiger partial charge on any atom is -1.00 e. The van der Waals surface area contributed by atoms with Crippen molar-refractivity contribution in [3.05, 3.63) is 35.9 Å². The predicted octanol–water partition coefficient (Wildman–Crippen LogP) is 4.86. The summed E-state index contributed by atoms with van der Waals surface area (Å²) >= 11 is 0. The molecule has 0 unspecified atom stereocenters. The first-order valence-electron chi connectivity index (χ1n) is 11.5. The van der Waals surface area contributed by atoms with Crippen LogP contribution in [-0.2, 0) is 6.54 Å². The average Bonchev–Trinajstić information content (AvgIpc) is 2.62. The van der Waals surface area contributed by atoms with Gasteiger partial charge in [-0.1, -0.05) is 114 Å². The smallest absolute Gasteiger partial charge is 1.00 e. The van der Waals surface area contributed by atoms with Gasteiger partial charge >= 0.3 is 29.6 Å². The Morgan fingerprint density at radius 1 is 0.630 bits per heavy atom. The molecule has 0 aromatic heterocycles. The molecule has 0 radical (unpaired) electrons. The molecule has 0 aliphatic carbocycles. The Labute approximate surface area is 194 Å². The van der Waals surface area contributed by atoms with E-state index in [1.165, 1.54) is 102 Å². The van der Waals surface area contributed by atoms with E-state index in [0.717, 1.165) is 11.0 Å². The van der Waals surface area contributed by atoms with Gasteiger partial charge in [0, 0.05) is 5.56 Å². The van der Waals surface area contributed by atoms with Crippen LogP contribution in [0.25, 0.3) is 0 Å². The first-order chi connectivity index (χ1) is 12.6. The van der Waals surface area contributed by atoms with Gasteiger partial charge < -0.3 is 5.91 Å². The van der Waals surface area contributed by atoms with Crippen LogP contribution in [0.4, 0.5) is 0 Å². The van der Waals surface area contributed by atoms with Crippen molar-refractivity contribution in [1.29, 1.82) is 0 Å².